The summed E-state index contributed by atoms with van der Waals surface area (Å²) >= 11 is 1.33. The van der Waals surface area contributed by atoms with Crippen LogP contribution in [0.25, 0.3) is 11.0 Å². The van der Waals surface area contributed by atoms with Crippen LogP contribution >= 0.6 is 11.8 Å². The quantitative estimate of drug-likeness (QED) is 0.695. The van der Waals surface area contributed by atoms with Gasteiger partial charge in [-0.1, -0.05) is 0 Å². The molecule has 7 nitrogen and oxygen atoms in total. The van der Waals surface area contributed by atoms with Crippen molar-refractivity contribution in [3.63, 3.8) is 0 Å². The number of amides is 1. The monoisotopic (exact) mass is 391 g/mol. The van der Waals surface area contributed by atoms with Crippen molar-refractivity contribution in [2.45, 2.75) is 32.2 Å². The lowest BCUT2D eigenvalue weighted by molar-refractivity contribution is -0.141. The second kappa shape index (κ2) is 8.04. The van der Waals surface area contributed by atoms with E-state index in [4.69, 9.17) is 14.3 Å². The summed E-state index contributed by atoms with van der Waals surface area (Å²) in [5.74, 6) is -0.857. The summed E-state index contributed by atoms with van der Waals surface area (Å²) < 4.78 is 11.2. The Balaban J connectivity index is 1.85. The first kappa shape index (κ1) is 19.3. The van der Waals surface area contributed by atoms with E-state index in [0.29, 0.717) is 23.3 Å². The minimum atomic E-state index is -1.08. The van der Waals surface area contributed by atoms with Crippen molar-refractivity contribution >= 4 is 34.6 Å². The fourth-order valence-corrected chi connectivity index (χ4v) is 3.90. The van der Waals surface area contributed by atoms with Crippen LogP contribution in [0.5, 0.6) is 5.75 Å². The zero-order valence-electron chi connectivity index (χ0n) is 15.2. The number of hydrogen-bond donors (Lipinski definition) is 2. The third kappa shape index (κ3) is 4.10. The number of carboxylic acids is 1. The van der Waals surface area contributed by atoms with E-state index in [1.54, 1.807) is 18.4 Å². The van der Waals surface area contributed by atoms with Crippen molar-refractivity contribution in [1.82, 2.24) is 5.32 Å². The summed E-state index contributed by atoms with van der Waals surface area (Å²) in [5, 5.41) is 12.3. The van der Waals surface area contributed by atoms with E-state index < -0.39 is 17.9 Å². The molecule has 2 aromatic rings. The van der Waals surface area contributed by atoms with E-state index in [1.165, 1.54) is 11.8 Å². The number of aryl methyl sites for hydroxylation is 2. The Morgan fingerprint density at radius 1 is 1.33 bits per heavy atom. The molecule has 1 aliphatic rings. The third-order valence-electron chi connectivity index (χ3n) is 4.50. The highest BCUT2D eigenvalue weighted by Crippen LogP contribution is 2.35. The van der Waals surface area contributed by atoms with Crippen molar-refractivity contribution in [2.75, 3.05) is 18.6 Å². The Morgan fingerprint density at radius 2 is 2.07 bits per heavy atom. The number of aliphatic carboxylic acids is 1. The lowest BCUT2D eigenvalue weighted by Crippen LogP contribution is -2.44. The van der Waals surface area contributed by atoms with Gasteiger partial charge in [0.2, 0.25) is 0 Å². The second-order valence-corrected chi connectivity index (χ2v) is 7.45. The van der Waals surface area contributed by atoms with Crippen molar-refractivity contribution < 1.29 is 23.8 Å². The van der Waals surface area contributed by atoms with Gasteiger partial charge in [0.25, 0.3) is 5.91 Å². The van der Waals surface area contributed by atoms with Crippen molar-refractivity contribution in [1.29, 1.82) is 0 Å². The molecule has 0 saturated heterocycles. The number of carboxylic acid groups (broad SMARTS) is 1. The predicted molar refractivity (Wildman–Crippen MR) is 103 cm³/mol. The average Bonchev–Trinajstić information content (AvgIpc) is 3.09. The van der Waals surface area contributed by atoms with Crippen molar-refractivity contribution in [2.24, 2.45) is 0 Å². The number of carbonyl (C=O) groups is 2. The van der Waals surface area contributed by atoms with E-state index >= 15 is 0 Å². The number of benzene rings is 1. The minimum absolute atomic E-state index is 0.271. The Morgan fingerprint density at radius 3 is 2.78 bits per heavy atom. The van der Waals surface area contributed by atoms with Gasteiger partial charge in [-0.05, 0) is 55.7 Å². The maximum absolute atomic E-state index is 12.1. The number of ether oxygens (including phenoxy) is 1. The summed E-state index contributed by atoms with van der Waals surface area (Å²) in [7, 11) is 0. The van der Waals surface area contributed by atoms with Gasteiger partial charge in [0.1, 0.15) is 17.4 Å². The molecule has 1 aromatic carbocycles. The Labute approximate surface area is 160 Å². The smallest absolute Gasteiger partial charge is 0.339 e. The van der Waals surface area contributed by atoms with Crippen LogP contribution in [0.4, 0.5) is 0 Å². The first-order valence-electron chi connectivity index (χ1n) is 8.63. The van der Waals surface area contributed by atoms with Gasteiger partial charge < -0.3 is 19.6 Å². The lowest BCUT2D eigenvalue weighted by atomic mass is 10.0. The van der Waals surface area contributed by atoms with Crippen LogP contribution in [-0.2, 0) is 22.4 Å². The van der Waals surface area contributed by atoms with Crippen molar-refractivity contribution in [3.05, 3.63) is 39.2 Å². The van der Waals surface area contributed by atoms with E-state index in [2.05, 4.69) is 5.32 Å². The fourth-order valence-electron chi connectivity index (χ4n) is 3.34. The lowest BCUT2D eigenvalue weighted by Gasteiger charge is -2.15. The van der Waals surface area contributed by atoms with Crippen LogP contribution in [0.2, 0.25) is 0 Å². The summed E-state index contributed by atoms with van der Waals surface area (Å²) in [4.78, 5) is 35.4. The summed E-state index contributed by atoms with van der Waals surface area (Å²) in [6.07, 6.45) is 4.09. The summed E-state index contributed by atoms with van der Waals surface area (Å²) in [6, 6.07) is 2.61. The van der Waals surface area contributed by atoms with E-state index in [1.807, 2.05) is 6.92 Å². The van der Waals surface area contributed by atoms with Gasteiger partial charge in [-0.3, -0.25) is 4.79 Å². The molecule has 1 unspecified atom stereocenters. The van der Waals surface area contributed by atoms with Gasteiger partial charge in [-0.25, -0.2) is 9.59 Å². The van der Waals surface area contributed by atoms with Gasteiger partial charge in [0.15, 0.2) is 6.61 Å². The highest BCUT2D eigenvalue weighted by molar-refractivity contribution is 7.98. The molecule has 0 fully saturated rings. The maximum atomic E-state index is 12.1. The van der Waals surface area contributed by atoms with Gasteiger partial charge in [0, 0.05) is 11.3 Å². The molecule has 0 radical (unpaired) electrons. The second-order valence-electron chi connectivity index (χ2n) is 6.54. The van der Waals surface area contributed by atoms with Crippen LogP contribution in [0, 0.1) is 6.92 Å². The zero-order valence-corrected chi connectivity index (χ0v) is 16.0. The third-order valence-corrected chi connectivity index (χ3v) is 5.17. The molecule has 1 atom stereocenters. The van der Waals surface area contributed by atoms with Crippen molar-refractivity contribution in [3.8, 4) is 5.75 Å². The average molecular weight is 391 g/mol. The highest BCUT2D eigenvalue weighted by Gasteiger charge is 2.23. The maximum Gasteiger partial charge on any atom is 0.339 e. The zero-order chi connectivity index (χ0) is 19.6. The summed E-state index contributed by atoms with van der Waals surface area (Å²) in [6.45, 7) is 1.53. The standard InChI is InChI=1S/C19H21NO6S/c1-10-6-14(25-8-16(21)20-13(9-27-2)18(22)23)17-11-4-3-5-12(11)19(24)26-15(17)7-10/h6-7,13H,3-5,8-9H2,1-2H3,(H,20,21)(H,22,23). The molecule has 2 N–H and O–H groups in total. The topological polar surface area (TPSA) is 106 Å². The van der Waals surface area contributed by atoms with Crippen LogP contribution in [0.15, 0.2) is 21.3 Å². The van der Waals surface area contributed by atoms with Gasteiger partial charge in [-0.15, -0.1) is 0 Å². The van der Waals surface area contributed by atoms with E-state index in [9.17, 15) is 14.4 Å². The highest BCUT2D eigenvalue weighted by atomic mass is 32.2. The molecular formula is C19H21NO6S. The van der Waals surface area contributed by atoms with E-state index in [0.717, 1.165) is 29.4 Å². The van der Waals surface area contributed by atoms with Gasteiger partial charge in [0.05, 0.1) is 5.39 Å². The Kier molecular flexibility index (Phi) is 5.74. The molecule has 0 aliphatic heterocycles. The number of thioether (sulfide) groups is 1. The molecule has 27 heavy (non-hydrogen) atoms. The SMILES string of the molecule is CSCC(NC(=O)COc1cc(C)cc2oc(=O)c3c(c12)CCC3)C(=O)O. The molecular weight excluding hydrogens is 370 g/mol. The van der Waals surface area contributed by atoms with Crippen LogP contribution in [0.1, 0.15) is 23.1 Å². The predicted octanol–water partition coefficient (Wildman–Crippen LogP) is 1.90. The molecule has 0 saturated carbocycles. The largest absolute Gasteiger partial charge is 0.483 e. The van der Waals surface area contributed by atoms with Crippen LogP contribution in [-0.4, -0.2) is 41.6 Å². The Bertz CT molecular complexity index is 951. The normalized spacial score (nSPS) is 14.0. The molecule has 0 spiro atoms. The van der Waals surface area contributed by atoms with Crippen LogP contribution in [0.3, 0.4) is 0 Å². The molecule has 1 heterocycles. The molecule has 0 bridgehead atoms. The molecule has 144 valence electrons. The van der Waals surface area contributed by atoms with Gasteiger partial charge >= 0.3 is 11.6 Å². The first-order chi connectivity index (χ1) is 12.9. The number of fused-ring (bicyclic) bond motifs is 3. The minimum Gasteiger partial charge on any atom is -0.483 e. The van der Waals surface area contributed by atoms with Crippen LogP contribution < -0.4 is 15.7 Å². The molecule has 8 heteroatoms. The number of rotatable bonds is 7. The molecule has 3 rings (SSSR count). The number of hydrogen-bond acceptors (Lipinski definition) is 6. The Hall–Kier alpha value is -2.48. The number of carbonyl (C=O) groups excluding carboxylic acids is 1. The molecule has 1 amide bonds. The molecule has 1 aromatic heterocycles. The van der Waals surface area contributed by atoms with E-state index in [-0.39, 0.29) is 18.0 Å². The molecule has 1 aliphatic carbocycles. The fraction of sp³-hybridized carbons (Fsp3) is 0.421. The first-order valence-corrected chi connectivity index (χ1v) is 10.0. The summed E-state index contributed by atoms with van der Waals surface area (Å²) in [5.41, 5.74) is 2.56. The van der Waals surface area contributed by atoms with Gasteiger partial charge in [-0.2, -0.15) is 11.8 Å². The number of nitrogens with one attached hydrogen (secondary N) is 1.